The number of hydrogen-bond acceptors (Lipinski definition) is 5. The van der Waals surface area contributed by atoms with Crippen LogP contribution in [0.5, 0.6) is 0 Å². The zero-order chi connectivity index (χ0) is 20.1. The van der Waals surface area contributed by atoms with Crippen LogP contribution in [-0.2, 0) is 21.2 Å². The molecule has 0 radical (unpaired) electrons. The van der Waals surface area contributed by atoms with Gasteiger partial charge in [0.05, 0.1) is 12.2 Å². The molecule has 0 atom stereocenters. The minimum atomic E-state index is -3.54. The molecule has 7 nitrogen and oxygen atoms in total. The number of carbonyl (C=O) groups excluding carboxylic acids is 1. The molecule has 3 aliphatic heterocycles. The average molecular weight is 413 g/mol. The SMILES string of the molecule is O=C(CN1CCC2(CC1)Nc1ccccc1S(=O)(=O)N2)N1CCc2ccccc21. The number of benzene rings is 2. The minimum absolute atomic E-state index is 0.105. The largest absolute Gasteiger partial charge is 0.365 e. The molecule has 1 amide bonds. The van der Waals surface area contributed by atoms with Crippen molar-refractivity contribution in [3.05, 3.63) is 54.1 Å². The van der Waals surface area contributed by atoms with E-state index in [1.54, 1.807) is 18.2 Å². The number of carbonyl (C=O) groups is 1. The fourth-order valence-electron chi connectivity index (χ4n) is 4.59. The number of nitrogens with one attached hydrogen (secondary N) is 2. The smallest absolute Gasteiger partial charge is 0.244 e. The number of hydrogen-bond donors (Lipinski definition) is 2. The number of likely N-dealkylation sites (tertiary alicyclic amines) is 1. The van der Waals surface area contributed by atoms with Gasteiger partial charge in [-0.1, -0.05) is 30.3 Å². The van der Waals surface area contributed by atoms with Crippen molar-refractivity contribution in [2.75, 3.05) is 36.4 Å². The molecule has 2 aromatic carbocycles. The van der Waals surface area contributed by atoms with Gasteiger partial charge in [0.25, 0.3) is 0 Å². The Bertz CT molecular complexity index is 1060. The Balaban J connectivity index is 1.25. The Labute approximate surface area is 170 Å². The van der Waals surface area contributed by atoms with Crippen LogP contribution in [0.2, 0.25) is 0 Å². The van der Waals surface area contributed by atoms with Gasteiger partial charge in [-0.2, -0.15) is 4.72 Å². The van der Waals surface area contributed by atoms with E-state index in [9.17, 15) is 13.2 Å². The Hall–Kier alpha value is -2.42. The fraction of sp³-hybridized carbons (Fsp3) is 0.381. The predicted molar refractivity (Wildman–Crippen MR) is 111 cm³/mol. The summed E-state index contributed by atoms with van der Waals surface area (Å²) < 4.78 is 28.2. The van der Waals surface area contributed by atoms with E-state index in [1.165, 1.54) is 5.56 Å². The third-order valence-electron chi connectivity index (χ3n) is 6.14. The highest BCUT2D eigenvalue weighted by Gasteiger charge is 2.43. The van der Waals surface area contributed by atoms with Gasteiger partial charge in [-0.3, -0.25) is 9.69 Å². The number of piperidine rings is 1. The number of amides is 1. The fourth-order valence-corrected chi connectivity index (χ4v) is 6.14. The Morgan fingerprint density at radius 3 is 2.55 bits per heavy atom. The first kappa shape index (κ1) is 18.6. The van der Waals surface area contributed by atoms with Gasteiger partial charge < -0.3 is 10.2 Å². The van der Waals surface area contributed by atoms with Gasteiger partial charge in [-0.25, -0.2) is 8.42 Å². The molecule has 1 saturated heterocycles. The van der Waals surface area contributed by atoms with Crippen molar-refractivity contribution >= 4 is 27.3 Å². The molecule has 2 N–H and O–H groups in total. The summed E-state index contributed by atoms with van der Waals surface area (Å²) in [6.07, 6.45) is 2.10. The summed E-state index contributed by atoms with van der Waals surface area (Å²) in [5.41, 5.74) is 2.19. The van der Waals surface area contributed by atoms with Gasteiger partial charge in [0.2, 0.25) is 15.9 Å². The molecule has 152 valence electrons. The molecule has 0 unspecified atom stereocenters. The number of nitrogens with zero attached hydrogens (tertiary/aromatic N) is 2. The lowest BCUT2D eigenvalue weighted by molar-refractivity contribution is -0.120. The zero-order valence-electron chi connectivity index (χ0n) is 16.1. The van der Waals surface area contributed by atoms with E-state index in [2.05, 4.69) is 21.0 Å². The van der Waals surface area contributed by atoms with Crippen LogP contribution in [-0.4, -0.2) is 51.1 Å². The summed E-state index contributed by atoms with van der Waals surface area (Å²) in [5.74, 6) is 0.105. The second-order valence-corrected chi connectivity index (χ2v) is 9.66. The van der Waals surface area contributed by atoms with Crippen LogP contribution in [0.25, 0.3) is 0 Å². The molecular formula is C21H24N4O3S. The van der Waals surface area contributed by atoms with Crippen LogP contribution in [0.4, 0.5) is 11.4 Å². The third kappa shape index (κ3) is 3.31. The molecule has 1 spiro atoms. The molecule has 3 heterocycles. The van der Waals surface area contributed by atoms with Crippen molar-refractivity contribution in [3.63, 3.8) is 0 Å². The summed E-state index contributed by atoms with van der Waals surface area (Å²) in [4.78, 5) is 17.1. The highest BCUT2D eigenvalue weighted by Crippen LogP contribution is 2.35. The Kier molecular flexibility index (Phi) is 4.38. The molecule has 1 fully saturated rings. The van der Waals surface area contributed by atoms with Crippen molar-refractivity contribution in [1.82, 2.24) is 9.62 Å². The first-order chi connectivity index (χ1) is 14.0. The highest BCUT2D eigenvalue weighted by molar-refractivity contribution is 7.89. The average Bonchev–Trinajstić information content (AvgIpc) is 3.14. The van der Waals surface area contributed by atoms with Crippen molar-refractivity contribution < 1.29 is 13.2 Å². The lowest BCUT2D eigenvalue weighted by Crippen LogP contribution is -2.62. The molecule has 29 heavy (non-hydrogen) atoms. The molecule has 2 aromatic rings. The van der Waals surface area contributed by atoms with Crippen LogP contribution in [0.15, 0.2) is 53.4 Å². The van der Waals surface area contributed by atoms with Gasteiger partial charge in [0.15, 0.2) is 0 Å². The second kappa shape index (κ2) is 6.83. The first-order valence-electron chi connectivity index (χ1n) is 9.98. The normalized spacial score (nSPS) is 22.0. The van der Waals surface area contributed by atoms with Gasteiger partial charge in [0.1, 0.15) is 10.6 Å². The van der Waals surface area contributed by atoms with E-state index in [1.807, 2.05) is 29.2 Å². The summed E-state index contributed by atoms with van der Waals surface area (Å²) in [7, 11) is -3.54. The molecule has 3 aliphatic rings. The van der Waals surface area contributed by atoms with E-state index < -0.39 is 15.7 Å². The second-order valence-electron chi connectivity index (χ2n) is 8.01. The van der Waals surface area contributed by atoms with E-state index in [0.717, 1.165) is 18.7 Å². The van der Waals surface area contributed by atoms with Crippen LogP contribution >= 0.6 is 0 Å². The van der Waals surface area contributed by atoms with Crippen molar-refractivity contribution in [2.45, 2.75) is 29.8 Å². The monoisotopic (exact) mass is 412 g/mol. The minimum Gasteiger partial charge on any atom is -0.365 e. The van der Waals surface area contributed by atoms with Crippen molar-refractivity contribution in [2.24, 2.45) is 0 Å². The maximum Gasteiger partial charge on any atom is 0.244 e. The number of fused-ring (bicyclic) bond motifs is 2. The molecule has 0 aliphatic carbocycles. The van der Waals surface area contributed by atoms with Crippen molar-refractivity contribution in [1.29, 1.82) is 0 Å². The maximum absolute atomic E-state index is 12.9. The quantitative estimate of drug-likeness (QED) is 0.786. The lowest BCUT2D eigenvalue weighted by Gasteiger charge is -2.45. The molecule has 0 bridgehead atoms. The highest BCUT2D eigenvalue weighted by atomic mass is 32.2. The maximum atomic E-state index is 12.9. The predicted octanol–water partition coefficient (Wildman–Crippen LogP) is 1.77. The first-order valence-corrected chi connectivity index (χ1v) is 11.5. The molecule has 0 saturated carbocycles. The third-order valence-corrected chi connectivity index (χ3v) is 7.73. The number of rotatable bonds is 2. The van der Waals surface area contributed by atoms with E-state index in [-0.39, 0.29) is 10.8 Å². The number of anilines is 2. The molecule has 8 heteroatoms. The van der Waals surface area contributed by atoms with Crippen LogP contribution in [0.3, 0.4) is 0 Å². The number of sulfonamides is 1. The van der Waals surface area contributed by atoms with E-state index in [4.69, 9.17) is 0 Å². The number of para-hydroxylation sites is 2. The summed E-state index contributed by atoms with van der Waals surface area (Å²) in [5, 5.41) is 3.40. The Morgan fingerprint density at radius 2 is 1.72 bits per heavy atom. The van der Waals surface area contributed by atoms with E-state index >= 15 is 0 Å². The summed E-state index contributed by atoms with van der Waals surface area (Å²) >= 11 is 0. The van der Waals surface area contributed by atoms with Gasteiger partial charge >= 0.3 is 0 Å². The van der Waals surface area contributed by atoms with E-state index in [0.29, 0.717) is 38.2 Å². The van der Waals surface area contributed by atoms with Crippen LogP contribution in [0, 0.1) is 0 Å². The van der Waals surface area contributed by atoms with Gasteiger partial charge in [-0.15, -0.1) is 0 Å². The molecular weight excluding hydrogens is 388 g/mol. The molecule has 5 rings (SSSR count). The molecule has 0 aromatic heterocycles. The van der Waals surface area contributed by atoms with Crippen LogP contribution in [0.1, 0.15) is 18.4 Å². The standard InChI is InChI=1S/C21H24N4O3S/c26-20(25-12-9-16-5-1-3-7-18(16)25)15-24-13-10-21(11-14-24)22-17-6-2-4-8-19(17)29(27,28)23-21/h1-8,22-23H,9-15H2. The topological polar surface area (TPSA) is 81.8 Å². The summed E-state index contributed by atoms with van der Waals surface area (Å²) in [6.45, 7) is 2.39. The Morgan fingerprint density at radius 1 is 1.00 bits per heavy atom. The van der Waals surface area contributed by atoms with Gasteiger partial charge in [-0.05, 0) is 43.0 Å². The van der Waals surface area contributed by atoms with Crippen LogP contribution < -0.4 is 14.9 Å². The van der Waals surface area contributed by atoms with Crippen molar-refractivity contribution in [3.8, 4) is 0 Å². The lowest BCUT2D eigenvalue weighted by atomic mass is 9.97. The zero-order valence-corrected chi connectivity index (χ0v) is 16.9. The van der Waals surface area contributed by atoms with Gasteiger partial charge in [0, 0.05) is 25.3 Å². The summed E-state index contributed by atoms with van der Waals surface area (Å²) in [6, 6.07) is 15.0.